The lowest BCUT2D eigenvalue weighted by Gasteiger charge is -2.27. The molecule has 0 aromatic carbocycles. The van der Waals surface area contributed by atoms with E-state index in [4.69, 9.17) is 5.73 Å². The molecule has 17 heavy (non-hydrogen) atoms. The van der Waals surface area contributed by atoms with Gasteiger partial charge in [0.2, 0.25) is 5.91 Å². The maximum atomic E-state index is 11.0. The third kappa shape index (κ3) is 5.82. The molecule has 0 radical (unpaired) electrons. The largest absolute Gasteiger partial charge is 0.369 e. The van der Waals surface area contributed by atoms with Crippen LogP contribution in [0.2, 0.25) is 0 Å². The number of carbonyl (C=O) groups excluding carboxylic acids is 2. The van der Waals surface area contributed by atoms with Crippen LogP contribution in [0, 0.1) is 0 Å². The molecule has 1 amide bonds. The van der Waals surface area contributed by atoms with E-state index in [1.807, 2.05) is 0 Å². The van der Waals surface area contributed by atoms with Gasteiger partial charge >= 0.3 is 0 Å². The summed E-state index contributed by atoms with van der Waals surface area (Å²) in [6.07, 6.45) is 7.41. The number of carbonyl (C=O) groups is 2. The van der Waals surface area contributed by atoms with Gasteiger partial charge in [-0.05, 0) is 39.2 Å². The van der Waals surface area contributed by atoms with Gasteiger partial charge < -0.3 is 10.5 Å². The SMILES string of the molecule is CC(=O)CCCCN(CC(N)=O)C1CCCC1. The van der Waals surface area contributed by atoms with Crippen LogP contribution in [0.25, 0.3) is 0 Å². The summed E-state index contributed by atoms with van der Waals surface area (Å²) in [5, 5.41) is 0. The van der Waals surface area contributed by atoms with E-state index in [0.29, 0.717) is 19.0 Å². The van der Waals surface area contributed by atoms with Crippen molar-refractivity contribution >= 4 is 11.7 Å². The quantitative estimate of drug-likeness (QED) is 0.654. The molecule has 1 aliphatic carbocycles. The second-order valence-electron chi connectivity index (χ2n) is 5.03. The predicted molar refractivity (Wildman–Crippen MR) is 67.6 cm³/mol. The van der Waals surface area contributed by atoms with Gasteiger partial charge in [0.05, 0.1) is 6.54 Å². The highest BCUT2D eigenvalue weighted by atomic mass is 16.1. The Kier molecular flexibility index (Phi) is 6.19. The van der Waals surface area contributed by atoms with Gasteiger partial charge in [-0.2, -0.15) is 0 Å². The second kappa shape index (κ2) is 7.43. The summed E-state index contributed by atoms with van der Waals surface area (Å²) in [5.41, 5.74) is 5.28. The van der Waals surface area contributed by atoms with Crippen LogP contribution in [0.15, 0.2) is 0 Å². The Morgan fingerprint density at radius 1 is 1.24 bits per heavy atom. The molecule has 1 rings (SSSR count). The van der Waals surface area contributed by atoms with Gasteiger partial charge in [0.1, 0.15) is 5.78 Å². The van der Waals surface area contributed by atoms with Crippen molar-refractivity contribution in [1.29, 1.82) is 0 Å². The highest BCUT2D eigenvalue weighted by Crippen LogP contribution is 2.23. The van der Waals surface area contributed by atoms with E-state index in [1.54, 1.807) is 6.92 Å². The van der Waals surface area contributed by atoms with Gasteiger partial charge in [0, 0.05) is 12.5 Å². The van der Waals surface area contributed by atoms with E-state index in [-0.39, 0.29) is 11.7 Å². The smallest absolute Gasteiger partial charge is 0.231 e. The summed E-state index contributed by atoms with van der Waals surface area (Å²) in [4.78, 5) is 24.1. The lowest BCUT2D eigenvalue weighted by molar-refractivity contribution is -0.120. The summed E-state index contributed by atoms with van der Waals surface area (Å²) in [7, 11) is 0. The van der Waals surface area contributed by atoms with Gasteiger partial charge in [-0.3, -0.25) is 9.69 Å². The summed E-state index contributed by atoms with van der Waals surface area (Å²) >= 11 is 0. The Balaban J connectivity index is 2.29. The van der Waals surface area contributed by atoms with Crippen LogP contribution in [0.5, 0.6) is 0 Å². The van der Waals surface area contributed by atoms with Crippen molar-refractivity contribution in [3.05, 3.63) is 0 Å². The zero-order chi connectivity index (χ0) is 12.7. The van der Waals surface area contributed by atoms with E-state index < -0.39 is 0 Å². The zero-order valence-corrected chi connectivity index (χ0v) is 10.8. The Bertz CT molecular complexity index is 260. The normalized spacial score (nSPS) is 16.6. The molecule has 0 aromatic heterocycles. The van der Waals surface area contributed by atoms with Crippen LogP contribution in [-0.2, 0) is 9.59 Å². The first-order valence-electron chi connectivity index (χ1n) is 6.61. The molecule has 0 aliphatic heterocycles. The molecule has 0 aromatic rings. The van der Waals surface area contributed by atoms with E-state index in [2.05, 4.69) is 4.90 Å². The van der Waals surface area contributed by atoms with Gasteiger partial charge in [-0.1, -0.05) is 12.8 Å². The van der Waals surface area contributed by atoms with Crippen molar-refractivity contribution in [2.24, 2.45) is 5.73 Å². The first-order valence-corrected chi connectivity index (χ1v) is 6.61. The van der Waals surface area contributed by atoms with Gasteiger partial charge in [0.25, 0.3) is 0 Å². The van der Waals surface area contributed by atoms with E-state index >= 15 is 0 Å². The minimum absolute atomic E-state index is 0.243. The number of hydrogen-bond donors (Lipinski definition) is 1. The third-order valence-corrected chi connectivity index (χ3v) is 3.42. The van der Waals surface area contributed by atoms with E-state index in [1.165, 1.54) is 25.7 Å². The first kappa shape index (κ1) is 14.2. The number of rotatable bonds is 8. The van der Waals surface area contributed by atoms with Crippen molar-refractivity contribution in [3.63, 3.8) is 0 Å². The molecular formula is C13H24N2O2. The number of amides is 1. The second-order valence-corrected chi connectivity index (χ2v) is 5.03. The molecule has 1 aliphatic rings. The number of primary amides is 1. The van der Waals surface area contributed by atoms with Crippen LogP contribution in [0.4, 0.5) is 0 Å². The molecule has 0 bridgehead atoms. The van der Waals surface area contributed by atoms with Crippen molar-refractivity contribution in [1.82, 2.24) is 4.90 Å². The Hall–Kier alpha value is -0.900. The van der Waals surface area contributed by atoms with Gasteiger partial charge in [-0.25, -0.2) is 0 Å². The van der Waals surface area contributed by atoms with Crippen molar-refractivity contribution in [3.8, 4) is 0 Å². The minimum Gasteiger partial charge on any atom is -0.369 e. The fourth-order valence-corrected chi connectivity index (χ4v) is 2.55. The van der Waals surface area contributed by atoms with E-state index in [9.17, 15) is 9.59 Å². The van der Waals surface area contributed by atoms with Crippen LogP contribution in [0.3, 0.4) is 0 Å². The average Bonchev–Trinajstić information content (AvgIpc) is 2.74. The summed E-state index contributed by atoms with van der Waals surface area (Å²) in [6, 6.07) is 0.528. The van der Waals surface area contributed by atoms with Crippen LogP contribution in [0.1, 0.15) is 51.9 Å². The minimum atomic E-state index is -0.247. The Labute approximate surface area is 104 Å². The number of hydrogen-bond acceptors (Lipinski definition) is 3. The lowest BCUT2D eigenvalue weighted by Crippen LogP contribution is -2.40. The highest BCUT2D eigenvalue weighted by molar-refractivity contribution is 5.76. The summed E-state index contributed by atoms with van der Waals surface area (Å²) in [6.45, 7) is 2.88. The van der Waals surface area contributed by atoms with Crippen molar-refractivity contribution in [2.75, 3.05) is 13.1 Å². The molecule has 4 nitrogen and oxygen atoms in total. The molecule has 4 heteroatoms. The molecule has 2 N–H and O–H groups in total. The van der Waals surface area contributed by atoms with E-state index in [0.717, 1.165) is 19.4 Å². The third-order valence-electron chi connectivity index (χ3n) is 3.42. The summed E-state index contributed by atoms with van der Waals surface area (Å²) < 4.78 is 0. The van der Waals surface area contributed by atoms with Gasteiger partial charge in [-0.15, -0.1) is 0 Å². The fraction of sp³-hybridized carbons (Fsp3) is 0.846. The standard InChI is InChI=1S/C13H24N2O2/c1-11(16)6-4-5-9-15(10-13(14)17)12-7-2-3-8-12/h12H,2-10H2,1H3,(H2,14,17). The molecule has 0 spiro atoms. The first-order chi connectivity index (χ1) is 8.09. The maximum absolute atomic E-state index is 11.0. The average molecular weight is 240 g/mol. The van der Waals surface area contributed by atoms with Gasteiger partial charge in [0.15, 0.2) is 0 Å². The number of Topliss-reactive ketones (excluding diaryl/α,β-unsaturated/α-hetero) is 1. The number of ketones is 1. The number of unbranched alkanes of at least 4 members (excludes halogenated alkanes) is 1. The number of nitrogens with two attached hydrogens (primary N) is 1. The molecular weight excluding hydrogens is 216 g/mol. The monoisotopic (exact) mass is 240 g/mol. The maximum Gasteiger partial charge on any atom is 0.231 e. The molecule has 0 heterocycles. The predicted octanol–water partition coefficient (Wildman–Crippen LogP) is 1.48. The lowest BCUT2D eigenvalue weighted by atomic mass is 10.1. The van der Waals surface area contributed by atoms with Crippen molar-refractivity contribution < 1.29 is 9.59 Å². The highest BCUT2D eigenvalue weighted by Gasteiger charge is 2.23. The molecule has 1 fully saturated rings. The molecule has 0 saturated heterocycles. The number of nitrogens with zero attached hydrogens (tertiary/aromatic N) is 1. The Morgan fingerprint density at radius 3 is 2.41 bits per heavy atom. The summed E-state index contributed by atoms with van der Waals surface area (Å²) in [5.74, 6) is -0.00390. The van der Waals surface area contributed by atoms with Crippen LogP contribution in [-0.4, -0.2) is 35.7 Å². The molecule has 1 saturated carbocycles. The Morgan fingerprint density at radius 2 is 1.88 bits per heavy atom. The molecule has 98 valence electrons. The zero-order valence-electron chi connectivity index (χ0n) is 10.8. The van der Waals surface area contributed by atoms with Crippen LogP contribution >= 0.6 is 0 Å². The van der Waals surface area contributed by atoms with Crippen LogP contribution < -0.4 is 5.73 Å². The van der Waals surface area contributed by atoms with Crippen molar-refractivity contribution in [2.45, 2.75) is 57.9 Å². The fourth-order valence-electron chi connectivity index (χ4n) is 2.55. The molecule has 0 atom stereocenters. The topological polar surface area (TPSA) is 63.4 Å². The molecule has 0 unspecified atom stereocenters.